The molecule has 0 aliphatic rings. The average molecular weight is 408 g/mol. The lowest BCUT2D eigenvalue weighted by atomic mass is 10.2. The first-order valence-electron chi connectivity index (χ1n) is 6.39. The van der Waals surface area contributed by atoms with Gasteiger partial charge in [-0.25, -0.2) is 0 Å². The van der Waals surface area contributed by atoms with Crippen LogP contribution in [0.4, 0.5) is 0 Å². The zero-order chi connectivity index (χ0) is 14.8. The van der Waals surface area contributed by atoms with Crippen molar-refractivity contribution in [3.8, 4) is 11.5 Å². The van der Waals surface area contributed by atoms with Gasteiger partial charge in [0.05, 0.1) is 15.7 Å². The summed E-state index contributed by atoms with van der Waals surface area (Å²) < 4.78 is 7.93. The summed E-state index contributed by atoms with van der Waals surface area (Å²) >= 11 is 6.94. The summed E-state index contributed by atoms with van der Waals surface area (Å²) in [5.74, 6) is 1.50. The summed E-state index contributed by atoms with van der Waals surface area (Å²) in [6, 6.07) is 15.5. The fourth-order valence-corrected chi connectivity index (χ4v) is 3.19. The van der Waals surface area contributed by atoms with Gasteiger partial charge in [-0.05, 0) is 46.3 Å². The van der Waals surface area contributed by atoms with Crippen LogP contribution in [0.3, 0.4) is 0 Å². The van der Waals surface area contributed by atoms with E-state index in [9.17, 15) is 0 Å². The topological polar surface area (TPSA) is 48.1 Å². The third-order valence-corrected chi connectivity index (χ3v) is 4.17. The summed E-state index contributed by atoms with van der Waals surface area (Å²) in [6.07, 6.45) is 0. The second kappa shape index (κ2) is 6.13. The minimum Gasteiger partial charge on any atom is -0.455 e. The maximum Gasteiger partial charge on any atom is 0.141 e. The summed E-state index contributed by atoms with van der Waals surface area (Å²) in [6.45, 7) is 0.378. The van der Waals surface area contributed by atoms with Crippen molar-refractivity contribution in [1.29, 1.82) is 0 Å². The summed E-state index contributed by atoms with van der Waals surface area (Å²) in [5, 5.41) is 0.963. The van der Waals surface area contributed by atoms with Crippen LogP contribution >= 0.6 is 31.9 Å². The van der Waals surface area contributed by atoms with E-state index in [2.05, 4.69) is 36.8 Å². The molecule has 3 rings (SSSR count). The zero-order valence-electron chi connectivity index (χ0n) is 11.0. The number of halogens is 2. The van der Waals surface area contributed by atoms with Crippen LogP contribution < -0.4 is 10.5 Å². The molecule has 0 amide bonds. The molecule has 106 valence electrons. The van der Waals surface area contributed by atoms with Gasteiger partial charge in [-0.3, -0.25) is 4.98 Å². The number of rotatable bonds is 3. The Morgan fingerprint density at radius 3 is 2.57 bits per heavy atom. The Morgan fingerprint density at radius 2 is 1.81 bits per heavy atom. The lowest BCUT2D eigenvalue weighted by molar-refractivity contribution is 0.484. The molecule has 0 radical (unpaired) electrons. The number of hydrogen-bond donors (Lipinski definition) is 1. The van der Waals surface area contributed by atoms with Crippen molar-refractivity contribution in [3.05, 3.63) is 63.2 Å². The van der Waals surface area contributed by atoms with Crippen LogP contribution in [-0.4, -0.2) is 4.98 Å². The maximum absolute atomic E-state index is 6.06. The zero-order valence-corrected chi connectivity index (χ0v) is 14.2. The van der Waals surface area contributed by atoms with E-state index in [1.807, 2.05) is 48.5 Å². The number of ether oxygens (including phenoxy) is 1. The van der Waals surface area contributed by atoms with Gasteiger partial charge in [0.1, 0.15) is 11.5 Å². The molecular formula is C16H12Br2N2O. The first-order valence-corrected chi connectivity index (χ1v) is 7.97. The first-order chi connectivity index (χ1) is 10.2. The van der Waals surface area contributed by atoms with Gasteiger partial charge in [0.2, 0.25) is 0 Å². The van der Waals surface area contributed by atoms with Crippen LogP contribution in [0, 0.1) is 0 Å². The molecule has 1 heterocycles. The van der Waals surface area contributed by atoms with Crippen LogP contribution in [0.2, 0.25) is 0 Å². The highest BCUT2D eigenvalue weighted by Gasteiger charge is 2.09. The Hall–Kier alpha value is -1.43. The van der Waals surface area contributed by atoms with Crippen molar-refractivity contribution in [2.24, 2.45) is 5.73 Å². The average Bonchev–Trinajstić information content (AvgIpc) is 2.49. The lowest BCUT2D eigenvalue weighted by Crippen LogP contribution is -2.00. The van der Waals surface area contributed by atoms with Crippen molar-refractivity contribution < 1.29 is 4.74 Å². The molecule has 0 saturated heterocycles. The molecular weight excluding hydrogens is 396 g/mol. The molecule has 5 heteroatoms. The monoisotopic (exact) mass is 406 g/mol. The Labute approximate surface area is 139 Å². The van der Waals surface area contributed by atoms with Crippen molar-refractivity contribution in [2.45, 2.75) is 6.54 Å². The van der Waals surface area contributed by atoms with Gasteiger partial charge in [-0.15, -0.1) is 0 Å². The van der Waals surface area contributed by atoms with Crippen molar-refractivity contribution in [3.63, 3.8) is 0 Å². The number of aromatic nitrogens is 1. The van der Waals surface area contributed by atoms with Gasteiger partial charge in [-0.2, -0.15) is 0 Å². The molecule has 1 aromatic heterocycles. The molecule has 0 unspecified atom stereocenters. The molecule has 21 heavy (non-hydrogen) atoms. The highest BCUT2D eigenvalue weighted by atomic mass is 79.9. The SMILES string of the molecule is NCc1cc(Oc2ccc(Br)cc2Br)c2ccccc2n1. The van der Waals surface area contributed by atoms with E-state index in [-0.39, 0.29) is 0 Å². The molecule has 2 N–H and O–H groups in total. The molecule has 0 saturated carbocycles. The molecule has 0 atom stereocenters. The number of hydrogen-bond acceptors (Lipinski definition) is 3. The van der Waals surface area contributed by atoms with Gasteiger partial charge < -0.3 is 10.5 Å². The smallest absolute Gasteiger partial charge is 0.141 e. The van der Waals surface area contributed by atoms with Gasteiger partial charge in [0.25, 0.3) is 0 Å². The Morgan fingerprint density at radius 1 is 1.00 bits per heavy atom. The summed E-state index contributed by atoms with van der Waals surface area (Å²) in [7, 11) is 0. The Bertz CT molecular complexity index is 805. The fraction of sp³-hybridized carbons (Fsp3) is 0.0625. The summed E-state index contributed by atoms with van der Waals surface area (Å²) in [5.41, 5.74) is 7.40. The van der Waals surface area contributed by atoms with Gasteiger partial charge in [-0.1, -0.05) is 28.1 Å². The second-order valence-electron chi connectivity index (χ2n) is 4.51. The normalized spacial score (nSPS) is 10.8. The molecule has 0 aliphatic heterocycles. The highest BCUT2D eigenvalue weighted by Crippen LogP contribution is 2.35. The predicted octanol–water partition coefficient (Wildman–Crippen LogP) is 5.01. The van der Waals surface area contributed by atoms with Gasteiger partial charge in [0.15, 0.2) is 0 Å². The lowest BCUT2D eigenvalue weighted by Gasteiger charge is -2.12. The largest absolute Gasteiger partial charge is 0.455 e. The highest BCUT2D eigenvalue weighted by molar-refractivity contribution is 9.11. The second-order valence-corrected chi connectivity index (χ2v) is 6.28. The molecule has 3 nitrogen and oxygen atoms in total. The van der Waals surface area contributed by atoms with E-state index in [1.165, 1.54) is 0 Å². The molecule has 0 spiro atoms. The van der Waals surface area contributed by atoms with Crippen molar-refractivity contribution >= 4 is 42.8 Å². The van der Waals surface area contributed by atoms with E-state index in [0.29, 0.717) is 6.54 Å². The van der Waals surface area contributed by atoms with E-state index >= 15 is 0 Å². The molecule has 0 aliphatic carbocycles. The molecule has 0 bridgehead atoms. The quantitative estimate of drug-likeness (QED) is 0.663. The first kappa shape index (κ1) is 14.5. The molecule has 3 aromatic rings. The third kappa shape index (κ3) is 3.10. The number of nitrogens with zero attached hydrogens (tertiary/aromatic N) is 1. The maximum atomic E-state index is 6.06. The van der Waals surface area contributed by atoms with Crippen LogP contribution in [0.1, 0.15) is 5.69 Å². The Balaban J connectivity index is 2.10. The van der Waals surface area contributed by atoms with Crippen LogP contribution in [0.25, 0.3) is 10.9 Å². The van der Waals surface area contributed by atoms with Gasteiger partial charge in [0, 0.05) is 22.5 Å². The van der Waals surface area contributed by atoms with E-state index in [0.717, 1.165) is 37.0 Å². The third-order valence-electron chi connectivity index (χ3n) is 3.05. The van der Waals surface area contributed by atoms with Crippen molar-refractivity contribution in [2.75, 3.05) is 0 Å². The Kier molecular flexibility index (Phi) is 4.24. The number of fused-ring (bicyclic) bond motifs is 1. The molecule has 2 aromatic carbocycles. The number of para-hydroxylation sites is 1. The standard InChI is InChI=1S/C16H12Br2N2O/c17-10-5-6-15(13(18)7-10)21-16-8-11(9-19)20-14-4-2-1-3-12(14)16/h1-8H,9,19H2. The van der Waals surface area contributed by atoms with E-state index < -0.39 is 0 Å². The number of benzene rings is 2. The van der Waals surface area contributed by atoms with Crippen LogP contribution in [0.5, 0.6) is 11.5 Å². The molecule has 0 fully saturated rings. The van der Waals surface area contributed by atoms with E-state index in [1.54, 1.807) is 0 Å². The van der Waals surface area contributed by atoms with Crippen LogP contribution in [-0.2, 0) is 6.54 Å². The van der Waals surface area contributed by atoms with Crippen LogP contribution in [0.15, 0.2) is 57.5 Å². The fourth-order valence-electron chi connectivity index (χ4n) is 2.06. The van der Waals surface area contributed by atoms with Gasteiger partial charge >= 0.3 is 0 Å². The number of nitrogens with two attached hydrogens (primary N) is 1. The number of pyridine rings is 1. The van der Waals surface area contributed by atoms with E-state index in [4.69, 9.17) is 10.5 Å². The minimum atomic E-state index is 0.378. The summed E-state index contributed by atoms with van der Waals surface area (Å²) in [4.78, 5) is 4.51. The van der Waals surface area contributed by atoms with Crippen molar-refractivity contribution in [1.82, 2.24) is 4.98 Å². The minimum absolute atomic E-state index is 0.378. The predicted molar refractivity (Wildman–Crippen MR) is 91.6 cm³/mol.